The maximum absolute atomic E-state index is 12.7. The van der Waals surface area contributed by atoms with Crippen LogP contribution in [0.4, 0.5) is 5.69 Å². The molecule has 0 spiro atoms. The second-order valence-electron chi connectivity index (χ2n) is 7.04. The van der Waals surface area contributed by atoms with Crippen LogP contribution in [-0.4, -0.2) is 48.9 Å². The van der Waals surface area contributed by atoms with Crippen molar-refractivity contribution < 1.29 is 9.59 Å². The highest BCUT2D eigenvalue weighted by molar-refractivity contribution is 5.82. The van der Waals surface area contributed by atoms with E-state index in [-0.39, 0.29) is 17.9 Å². The highest BCUT2D eigenvalue weighted by Gasteiger charge is 2.26. The van der Waals surface area contributed by atoms with E-state index in [0.717, 1.165) is 38.8 Å². The van der Waals surface area contributed by atoms with Crippen LogP contribution in [0.15, 0.2) is 18.2 Å². The number of rotatable bonds is 3. The van der Waals surface area contributed by atoms with Gasteiger partial charge in [0.25, 0.3) is 0 Å². The third kappa shape index (κ3) is 3.89. The Kier molecular flexibility index (Phi) is 5.07. The van der Waals surface area contributed by atoms with Gasteiger partial charge in [-0.25, -0.2) is 0 Å². The number of hydrogen-bond acceptors (Lipinski definition) is 3. The molecule has 1 fully saturated rings. The molecule has 24 heavy (non-hydrogen) atoms. The summed E-state index contributed by atoms with van der Waals surface area (Å²) in [6, 6.07) is 6.60. The number of piperidine rings is 1. The van der Waals surface area contributed by atoms with Crippen molar-refractivity contribution in [3.63, 3.8) is 0 Å². The van der Waals surface area contributed by atoms with Crippen molar-refractivity contribution in [2.75, 3.05) is 31.1 Å². The van der Waals surface area contributed by atoms with Crippen molar-refractivity contribution in [2.45, 2.75) is 45.6 Å². The third-order valence-electron chi connectivity index (χ3n) is 4.96. The minimum absolute atomic E-state index is 0.0189. The molecule has 0 unspecified atom stereocenters. The first kappa shape index (κ1) is 16.8. The molecule has 5 nitrogen and oxygen atoms in total. The maximum atomic E-state index is 12.7. The Bertz CT molecular complexity index is 629. The lowest BCUT2D eigenvalue weighted by atomic mass is 9.99. The molecular formula is C19H27N3O2. The number of carbonyl (C=O) groups is 2. The second-order valence-corrected chi connectivity index (χ2v) is 7.04. The van der Waals surface area contributed by atoms with Gasteiger partial charge in [-0.15, -0.1) is 0 Å². The normalized spacial score (nSPS) is 20.5. The summed E-state index contributed by atoms with van der Waals surface area (Å²) in [5.74, 6) is 0.146. The van der Waals surface area contributed by atoms with Crippen molar-refractivity contribution >= 4 is 17.5 Å². The Hall–Kier alpha value is -2.04. The molecule has 1 N–H and O–H groups in total. The molecule has 0 aliphatic carbocycles. The monoisotopic (exact) mass is 329 g/mol. The van der Waals surface area contributed by atoms with E-state index in [1.165, 1.54) is 23.7 Å². The van der Waals surface area contributed by atoms with Crippen LogP contribution in [0, 0.1) is 6.92 Å². The molecule has 0 bridgehead atoms. The summed E-state index contributed by atoms with van der Waals surface area (Å²) in [5, 5.41) is 2.95. The van der Waals surface area contributed by atoms with Gasteiger partial charge in [0.2, 0.25) is 11.8 Å². The molecule has 1 aromatic carbocycles. The molecule has 2 heterocycles. The lowest BCUT2D eigenvalue weighted by molar-refractivity contribution is -0.132. The summed E-state index contributed by atoms with van der Waals surface area (Å²) in [5.41, 5.74) is 3.83. The van der Waals surface area contributed by atoms with Crippen LogP contribution in [0.25, 0.3) is 0 Å². The van der Waals surface area contributed by atoms with Gasteiger partial charge < -0.3 is 15.1 Å². The number of fused-ring (bicyclic) bond motifs is 1. The molecular weight excluding hydrogens is 302 g/mol. The Morgan fingerprint density at radius 3 is 2.88 bits per heavy atom. The van der Waals surface area contributed by atoms with Crippen LogP contribution in [0.5, 0.6) is 0 Å². The van der Waals surface area contributed by atoms with Crippen LogP contribution in [0.1, 0.15) is 37.3 Å². The Morgan fingerprint density at radius 2 is 2.08 bits per heavy atom. The summed E-state index contributed by atoms with van der Waals surface area (Å²) < 4.78 is 0. The Morgan fingerprint density at radius 1 is 1.25 bits per heavy atom. The molecule has 0 aromatic heterocycles. The van der Waals surface area contributed by atoms with Gasteiger partial charge >= 0.3 is 0 Å². The average Bonchev–Trinajstić information content (AvgIpc) is 2.54. The van der Waals surface area contributed by atoms with E-state index in [0.29, 0.717) is 13.1 Å². The van der Waals surface area contributed by atoms with Gasteiger partial charge in [0.15, 0.2) is 0 Å². The number of nitrogens with one attached hydrogen (secondary N) is 1. The van der Waals surface area contributed by atoms with Crippen LogP contribution in [0.2, 0.25) is 0 Å². The predicted molar refractivity (Wildman–Crippen MR) is 95.1 cm³/mol. The lowest BCUT2D eigenvalue weighted by Crippen LogP contribution is -2.51. The largest absolute Gasteiger partial charge is 0.362 e. The number of likely N-dealkylation sites (tertiary alicyclic amines) is 1. The van der Waals surface area contributed by atoms with Crippen molar-refractivity contribution in [2.24, 2.45) is 0 Å². The van der Waals surface area contributed by atoms with Gasteiger partial charge in [-0.3, -0.25) is 9.59 Å². The van der Waals surface area contributed by atoms with Crippen molar-refractivity contribution in [3.05, 3.63) is 29.3 Å². The van der Waals surface area contributed by atoms with E-state index in [2.05, 4.69) is 35.3 Å². The van der Waals surface area contributed by atoms with Gasteiger partial charge in [-0.1, -0.05) is 17.7 Å². The first-order valence-corrected chi connectivity index (χ1v) is 8.92. The molecule has 130 valence electrons. The first-order chi connectivity index (χ1) is 11.5. The van der Waals surface area contributed by atoms with Crippen molar-refractivity contribution in [3.8, 4) is 0 Å². The topological polar surface area (TPSA) is 52.7 Å². The van der Waals surface area contributed by atoms with E-state index in [4.69, 9.17) is 0 Å². The molecule has 2 aliphatic rings. The quantitative estimate of drug-likeness (QED) is 0.921. The standard InChI is InChI=1S/C19H27N3O2/c1-14-7-8-18-16(11-14)5-3-9-21(18)13-19(24)22-10-4-6-17(12-22)20-15(2)23/h7-8,11,17H,3-6,9-10,12-13H2,1-2H3,(H,20,23)/t17-/m0/s1. The smallest absolute Gasteiger partial charge is 0.242 e. The second kappa shape index (κ2) is 7.24. The van der Waals surface area contributed by atoms with Gasteiger partial charge in [0.1, 0.15) is 0 Å². The first-order valence-electron chi connectivity index (χ1n) is 8.92. The molecule has 5 heteroatoms. The highest BCUT2D eigenvalue weighted by Crippen LogP contribution is 2.28. The number of nitrogens with zero attached hydrogens (tertiary/aromatic N) is 2. The van der Waals surface area contributed by atoms with Crippen molar-refractivity contribution in [1.82, 2.24) is 10.2 Å². The molecule has 1 atom stereocenters. The van der Waals surface area contributed by atoms with Gasteiger partial charge in [-0.05, 0) is 44.2 Å². The number of aryl methyl sites for hydroxylation is 2. The van der Waals surface area contributed by atoms with Crippen LogP contribution < -0.4 is 10.2 Å². The summed E-state index contributed by atoms with van der Waals surface area (Å²) in [7, 11) is 0. The minimum atomic E-state index is -0.0189. The summed E-state index contributed by atoms with van der Waals surface area (Å²) in [4.78, 5) is 28.1. The van der Waals surface area contributed by atoms with Crippen LogP contribution in [-0.2, 0) is 16.0 Å². The van der Waals surface area contributed by atoms with Crippen LogP contribution >= 0.6 is 0 Å². The van der Waals surface area contributed by atoms with Gasteiger partial charge in [0.05, 0.1) is 6.54 Å². The summed E-state index contributed by atoms with van der Waals surface area (Å²) in [6.07, 6.45) is 4.09. The van der Waals surface area contributed by atoms with E-state index in [9.17, 15) is 9.59 Å². The zero-order valence-corrected chi connectivity index (χ0v) is 14.7. The number of anilines is 1. The molecule has 0 saturated carbocycles. The lowest BCUT2D eigenvalue weighted by Gasteiger charge is -2.36. The number of benzene rings is 1. The molecule has 1 saturated heterocycles. The fourth-order valence-corrected chi connectivity index (χ4v) is 3.84. The Balaban J connectivity index is 1.64. The Labute approximate surface area is 144 Å². The van der Waals surface area contributed by atoms with Crippen molar-refractivity contribution in [1.29, 1.82) is 0 Å². The third-order valence-corrected chi connectivity index (χ3v) is 4.96. The van der Waals surface area contributed by atoms with E-state index in [1.807, 2.05) is 4.90 Å². The fraction of sp³-hybridized carbons (Fsp3) is 0.579. The molecule has 0 radical (unpaired) electrons. The van der Waals surface area contributed by atoms with Gasteiger partial charge in [-0.2, -0.15) is 0 Å². The highest BCUT2D eigenvalue weighted by atomic mass is 16.2. The number of amides is 2. The zero-order valence-electron chi connectivity index (χ0n) is 14.7. The fourth-order valence-electron chi connectivity index (χ4n) is 3.84. The van der Waals surface area contributed by atoms with E-state index >= 15 is 0 Å². The molecule has 2 aliphatic heterocycles. The predicted octanol–water partition coefficient (Wildman–Crippen LogP) is 1.87. The van der Waals surface area contributed by atoms with Gasteiger partial charge in [0, 0.05) is 38.3 Å². The average molecular weight is 329 g/mol. The SMILES string of the molecule is CC(=O)N[C@H]1CCCN(C(=O)CN2CCCc3cc(C)ccc32)C1. The number of carbonyl (C=O) groups excluding carboxylic acids is 2. The molecule has 3 rings (SSSR count). The van der Waals surface area contributed by atoms with E-state index < -0.39 is 0 Å². The molecule has 2 amide bonds. The molecule has 1 aromatic rings. The minimum Gasteiger partial charge on any atom is -0.362 e. The van der Waals surface area contributed by atoms with Crippen LogP contribution in [0.3, 0.4) is 0 Å². The van der Waals surface area contributed by atoms with E-state index in [1.54, 1.807) is 0 Å². The summed E-state index contributed by atoms with van der Waals surface area (Å²) >= 11 is 0. The zero-order chi connectivity index (χ0) is 17.1. The number of hydrogen-bond donors (Lipinski definition) is 1. The maximum Gasteiger partial charge on any atom is 0.242 e. The summed E-state index contributed by atoms with van der Waals surface area (Å²) in [6.45, 7) is 6.44.